The standard InChI is InChI=1S/C26H25N9O4S.H2/c1-3-40(37,38)17-7-6-16(28-11-17)10-29-22-25(36)35(26(13-27)8-9-26)23-18(33-22)12-30-21(34-23)19-20(15-4-5-15)31-14-32-24(19)39-2;/h6-7,11-12,14-15H,3-5,8-10H2,1-2H3,(H,29,33);1H. The van der Waals surface area contributed by atoms with Crippen LogP contribution in [0.2, 0.25) is 0 Å². The molecule has 0 bridgehead atoms. The highest BCUT2D eigenvalue weighted by atomic mass is 32.2. The minimum absolute atomic E-state index is 0. The first-order valence-corrected chi connectivity index (χ1v) is 14.5. The van der Waals surface area contributed by atoms with Crippen molar-refractivity contribution in [1.29, 1.82) is 5.26 Å². The topological polar surface area (TPSA) is 179 Å². The van der Waals surface area contributed by atoms with Crippen molar-refractivity contribution in [1.82, 2.24) is 34.5 Å². The maximum atomic E-state index is 13.7. The Morgan fingerprint density at radius 3 is 2.60 bits per heavy atom. The number of pyridine rings is 1. The molecular formula is C26H27N9O4S. The fourth-order valence-electron chi connectivity index (χ4n) is 4.57. The van der Waals surface area contributed by atoms with Crippen LogP contribution in [0.1, 0.15) is 51.3 Å². The summed E-state index contributed by atoms with van der Waals surface area (Å²) in [6.07, 6.45) is 7.24. The third-order valence-electron chi connectivity index (χ3n) is 7.16. The van der Waals surface area contributed by atoms with Crippen LogP contribution >= 0.6 is 0 Å². The van der Waals surface area contributed by atoms with Crippen LogP contribution in [0.25, 0.3) is 22.6 Å². The van der Waals surface area contributed by atoms with Crippen molar-refractivity contribution in [3.8, 4) is 23.3 Å². The fraction of sp³-hybridized carbons (Fsp3) is 0.385. The number of nitriles is 1. The molecule has 0 amide bonds. The van der Waals surface area contributed by atoms with Crippen LogP contribution in [0.4, 0.5) is 5.82 Å². The lowest BCUT2D eigenvalue weighted by atomic mass is 10.1. The zero-order valence-corrected chi connectivity index (χ0v) is 22.6. The van der Waals surface area contributed by atoms with E-state index in [-0.39, 0.29) is 36.0 Å². The second-order valence-corrected chi connectivity index (χ2v) is 12.1. The second kappa shape index (κ2) is 9.60. The first-order chi connectivity index (χ1) is 19.3. The van der Waals surface area contributed by atoms with E-state index >= 15 is 0 Å². The molecule has 0 aromatic carbocycles. The van der Waals surface area contributed by atoms with Gasteiger partial charge < -0.3 is 10.1 Å². The Labute approximate surface area is 230 Å². The molecule has 2 saturated carbocycles. The van der Waals surface area contributed by atoms with E-state index in [0.717, 1.165) is 18.5 Å². The second-order valence-electron chi connectivity index (χ2n) is 9.81. The summed E-state index contributed by atoms with van der Waals surface area (Å²) < 4.78 is 31.0. The lowest BCUT2D eigenvalue weighted by molar-refractivity contribution is 0.397. The van der Waals surface area contributed by atoms with Gasteiger partial charge in [0, 0.05) is 13.5 Å². The number of hydrogen-bond acceptors (Lipinski definition) is 12. The Morgan fingerprint density at radius 2 is 1.98 bits per heavy atom. The number of nitrogens with one attached hydrogen (secondary N) is 1. The van der Waals surface area contributed by atoms with Crippen LogP contribution in [0.3, 0.4) is 0 Å². The Morgan fingerprint density at radius 1 is 1.18 bits per heavy atom. The molecule has 2 aliphatic carbocycles. The van der Waals surface area contributed by atoms with Crippen LogP contribution in [-0.4, -0.2) is 55.8 Å². The molecule has 1 N–H and O–H groups in total. The van der Waals surface area contributed by atoms with Gasteiger partial charge in [0.1, 0.15) is 22.9 Å². The number of hydrogen-bond donors (Lipinski definition) is 1. The van der Waals surface area contributed by atoms with Gasteiger partial charge >= 0.3 is 0 Å². The summed E-state index contributed by atoms with van der Waals surface area (Å²) in [5, 5.41) is 13.0. The van der Waals surface area contributed by atoms with Crippen molar-refractivity contribution in [3.05, 3.63) is 52.6 Å². The number of ether oxygens (including phenoxy) is 1. The first kappa shape index (κ1) is 25.8. The highest BCUT2D eigenvalue weighted by Gasteiger charge is 2.48. The largest absolute Gasteiger partial charge is 0.480 e. The molecule has 4 aromatic rings. The van der Waals surface area contributed by atoms with E-state index in [0.29, 0.717) is 41.3 Å². The number of anilines is 1. The van der Waals surface area contributed by atoms with E-state index in [1.807, 2.05) is 0 Å². The van der Waals surface area contributed by atoms with Crippen molar-refractivity contribution in [2.75, 3.05) is 18.2 Å². The highest BCUT2D eigenvalue weighted by Crippen LogP contribution is 2.46. The molecule has 40 heavy (non-hydrogen) atoms. The van der Waals surface area contributed by atoms with Crippen LogP contribution in [-0.2, 0) is 21.9 Å². The van der Waals surface area contributed by atoms with Crippen molar-refractivity contribution in [3.63, 3.8) is 0 Å². The van der Waals surface area contributed by atoms with Crippen molar-refractivity contribution >= 4 is 26.8 Å². The number of nitrogens with zero attached hydrogens (tertiary/aromatic N) is 8. The molecule has 0 aliphatic heterocycles. The van der Waals surface area contributed by atoms with Gasteiger partial charge in [0.05, 0.1) is 48.0 Å². The molecule has 13 nitrogen and oxygen atoms in total. The van der Waals surface area contributed by atoms with E-state index in [1.165, 1.54) is 36.5 Å². The predicted molar refractivity (Wildman–Crippen MR) is 145 cm³/mol. The van der Waals surface area contributed by atoms with Crippen LogP contribution < -0.4 is 15.6 Å². The van der Waals surface area contributed by atoms with E-state index in [2.05, 4.69) is 36.3 Å². The Bertz CT molecular complexity index is 1850. The zero-order chi connectivity index (χ0) is 28.1. The van der Waals surface area contributed by atoms with Gasteiger partial charge in [0.25, 0.3) is 5.56 Å². The summed E-state index contributed by atoms with van der Waals surface area (Å²) in [5.41, 5.74) is 0.897. The van der Waals surface area contributed by atoms with E-state index < -0.39 is 20.9 Å². The number of aromatic nitrogens is 7. The van der Waals surface area contributed by atoms with Gasteiger partial charge in [-0.3, -0.25) is 14.3 Å². The summed E-state index contributed by atoms with van der Waals surface area (Å²) in [6.45, 7) is 1.68. The van der Waals surface area contributed by atoms with Crippen LogP contribution in [0, 0.1) is 11.3 Å². The maximum Gasteiger partial charge on any atom is 0.296 e. The molecule has 0 radical (unpaired) electrons. The lowest BCUT2D eigenvalue weighted by Crippen LogP contribution is -2.33. The van der Waals surface area contributed by atoms with E-state index in [1.54, 1.807) is 13.0 Å². The van der Waals surface area contributed by atoms with Gasteiger partial charge in [-0.25, -0.2) is 33.3 Å². The molecule has 6 rings (SSSR count). The molecular weight excluding hydrogens is 534 g/mol. The van der Waals surface area contributed by atoms with Crippen LogP contribution in [0.5, 0.6) is 5.88 Å². The monoisotopic (exact) mass is 561 g/mol. The van der Waals surface area contributed by atoms with E-state index in [4.69, 9.17) is 9.72 Å². The van der Waals surface area contributed by atoms with Gasteiger partial charge in [-0.15, -0.1) is 0 Å². The highest BCUT2D eigenvalue weighted by molar-refractivity contribution is 7.91. The third-order valence-corrected chi connectivity index (χ3v) is 8.88. The number of fused-ring (bicyclic) bond motifs is 1. The Balaban J connectivity index is 0.00000337. The molecule has 2 fully saturated rings. The summed E-state index contributed by atoms with van der Waals surface area (Å²) in [4.78, 5) is 40.5. The van der Waals surface area contributed by atoms with Gasteiger partial charge in [-0.1, -0.05) is 6.92 Å². The van der Waals surface area contributed by atoms with Crippen molar-refractivity contribution in [2.24, 2.45) is 0 Å². The summed E-state index contributed by atoms with van der Waals surface area (Å²) in [6, 6.07) is 5.34. The molecule has 0 spiro atoms. The summed E-state index contributed by atoms with van der Waals surface area (Å²) in [5.74, 6) is 0.877. The predicted octanol–water partition coefficient (Wildman–Crippen LogP) is 2.59. The molecule has 206 valence electrons. The summed E-state index contributed by atoms with van der Waals surface area (Å²) >= 11 is 0. The molecule has 4 aromatic heterocycles. The molecule has 4 heterocycles. The number of methoxy groups -OCH3 is 1. The normalized spacial score (nSPS) is 15.9. The average Bonchev–Trinajstić information content (AvgIpc) is 3.91. The first-order valence-electron chi connectivity index (χ1n) is 12.8. The fourth-order valence-corrected chi connectivity index (χ4v) is 5.39. The minimum Gasteiger partial charge on any atom is -0.480 e. The lowest BCUT2D eigenvalue weighted by Gasteiger charge is -2.17. The molecule has 2 aliphatic rings. The molecule has 14 heteroatoms. The quantitative estimate of drug-likeness (QED) is 0.316. The summed E-state index contributed by atoms with van der Waals surface area (Å²) in [7, 11) is -1.86. The van der Waals surface area contributed by atoms with E-state index in [9.17, 15) is 18.5 Å². The van der Waals surface area contributed by atoms with Crippen molar-refractivity contribution in [2.45, 2.75) is 55.5 Å². The molecule has 0 unspecified atom stereocenters. The van der Waals surface area contributed by atoms with Gasteiger partial charge in [0.2, 0.25) is 5.88 Å². The minimum atomic E-state index is -3.37. The van der Waals surface area contributed by atoms with Gasteiger partial charge in [-0.05, 0) is 37.8 Å². The average molecular weight is 562 g/mol. The van der Waals surface area contributed by atoms with Gasteiger partial charge in [-0.2, -0.15) is 5.26 Å². The third kappa shape index (κ3) is 4.41. The Kier molecular flexibility index (Phi) is 6.18. The maximum absolute atomic E-state index is 13.7. The Hall–Kier alpha value is -4.51. The number of rotatable bonds is 9. The number of sulfone groups is 1. The molecule has 0 atom stereocenters. The van der Waals surface area contributed by atoms with Gasteiger partial charge in [0.15, 0.2) is 27.1 Å². The zero-order valence-electron chi connectivity index (χ0n) is 21.8. The van der Waals surface area contributed by atoms with Crippen LogP contribution in [0.15, 0.2) is 40.5 Å². The van der Waals surface area contributed by atoms with Crippen molar-refractivity contribution < 1.29 is 14.6 Å². The smallest absolute Gasteiger partial charge is 0.296 e. The molecule has 0 saturated heterocycles. The SMILES string of the molecule is CCS(=O)(=O)c1ccc(CNc2nc3cnc(-c4c(OC)ncnc4C4CC4)nc3n(C3(C#N)CC3)c2=O)nc1.[HH].